The molecule has 0 radical (unpaired) electrons. The fourth-order valence-corrected chi connectivity index (χ4v) is 1.80. The molecule has 0 fully saturated rings. The minimum absolute atomic E-state index is 0.124. The van der Waals surface area contributed by atoms with Crippen LogP contribution in [0.1, 0.15) is 10.4 Å². The lowest BCUT2D eigenvalue weighted by molar-refractivity contribution is -0.114. The van der Waals surface area contributed by atoms with Crippen LogP contribution in [0.4, 0.5) is 11.4 Å². The molecule has 2 amide bonds. The minimum Gasteiger partial charge on any atom is -0.376 e. The van der Waals surface area contributed by atoms with Crippen LogP contribution in [0.25, 0.3) is 0 Å². The maximum Gasteiger partial charge on any atom is 0.248 e. The Bertz CT molecular complexity index is 639. The Kier molecular flexibility index (Phi) is 4.79. The van der Waals surface area contributed by atoms with Gasteiger partial charge in [-0.15, -0.1) is 0 Å². The van der Waals surface area contributed by atoms with Crippen LogP contribution in [0.2, 0.25) is 5.02 Å². The second-order valence-electron chi connectivity index (χ2n) is 4.35. The summed E-state index contributed by atoms with van der Waals surface area (Å²) in [5.74, 6) is -0.700. The molecule has 2 aromatic carbocycles. The van der Waals surface area contributed by atoms with E-state index in [2.05, 4.69) is 10.6 Å². The maximum absolute atomic E-state index is 11.8. The molecule has 2 aromatic rings. The van der Waals surface area contributed by atoms with Gasteiger partial charge in [0.15, 0.2) is 0 Å². The van der Waals surface area contributed by atoms with E-state index in [0.717, 1.165) is 5.69 Å². The largest absolute Gasteiger partial charge is 0.376 e. The first-order chi connectivity index (χ1) is 10.0. The van der Waals surface area contributed by atoms with Crippen LogP contribution in [-0.2, 0) is 4.79 Å². The Labute approximate surface area is 127 Å². The molecule has 4 N–H and O–H groups in total. The zero-order chi connectivity index (χ0) is 15.2. The van der Waals surface area contributed by atoms with E-state index >= 15 is 0 Å². The van der Waals surface area contributed by atoms with Gasteiger partial charge in [0.25, 0.3) is 0 Å². The highest BCUT2D eigenvalue weighted by Gasteiger charge is 2.04. The first kappa shape index (κ1) is 14.9. The van der Waals surface area contributed by atoms with Crippen molar-refractivity contribution in [1.29, 1.82) is 0 Å². The summed E-state index contributed by atoms with van der Waals surface area (Å²) in [4.78, 5) is 22.7. The summed E-state index contributed by atoms with van der Waals surface area (Å²) in [6, 6.07) is 13.4. The van der Waals surface area contributed by atoms with Crippen LogP contribution in [0.15, 0.2) is 48.5 Å². The summed E-state index contributed by atoms with van der Waals surface area (Å²) in [5.41, 5.74) is 6.94. The SMILES string of the molecule is NC(=O)c1ccc(NC(=O)CNc2ccc(Cl)cc2)cc1. The monoisotopic (exact) mass is 303 g/mol. The van der Waals surface area contributed by atoms with Gasteiger partial charge >= 0.3 is 0 Å². The molecular weight excluding hydrogens is 290 g/mol. The third-order valence-corrected chi connectivity index (χ3v) is 3.00. The molecule has 0 unspecified atom stereocenters. The van der Waals surface area contributed by atoms with Gasteiger partial charge in [0.1, 0.15) is 0 Å². The number of rotatable bonds is 5. The van der Waals surface area contributed by atoms with Crippen LogP contribution < -0.4 is 16.4 Å². The molecule has 0 heterocycles. The average molecular weight is 304 g/mol. The topological polar surface area (TPSA) is 84.2 Å². The van der Waals surface area contributed by atoms with Crippen molar-refractivity contribution in [3.05, 3.63) is 59.1 Å². The molecule has 0 aliphatic rings. The van der Waals surface area contributed by atoms with E-state index in [-0.39, 0.29) is 12.5 Å². The summed E-state index contributed by atoms with van der Waals surface area (Å²) in [7, 11) is 0. The van der Waals surface area contributed by atoms with Crippen molar-refractivity contribution < 1.29 is 9.59 Å². The van der Waals surface area contributed by atoms with Gasteiger partial charge in [-0.3, -0.25) is 9.59 Å². The molecular formula is C15H14ClN3O2. The van der Waals surface area contributed by atoms with Gasteiger partial charge < -0.3 is 16.4 Å². The summed E-state index contributed by atoms with van der Waals surface area (Å²) in [5, 5.41) is 6.33. The van der Waals surface area contributed by atoms with Crippen molar-refractivity contribution in [2.24, 2.45) is 5.73 Å². The molecule has 6 heteroatoms. The molecule has 2 rings (SSSR count). The lowest BCUT2D eigenvalue weighted by atomic mass is 10.2. The molecule has 0 aromatic heterocycles. The molecule has 21 heavy (non-hydrogen) atoms. The van der Waals surface area contributed by atoms with Crippen molar-refractivity contribution in [2.45, 2.75) is 0 Å². The molecule has 0 saturated carbocycles. The second kappa shape index (κ2) is 6.76. The quantitative estimate of drug-likeness (QED) is 0.793. The summed E-state index contributed by atoms with van der Waals surface area (Å²) in [6.07, 6.45) is 0. The van der Waals surface area contributed by atoms with E-state index in [1.807, 2.05) is 0 Å². The van der Waals surface area contributed by atoms with Crippen LogP contribution in [0, 0.1) is 0 Å². The Hall–Kier alpha value is -2.53. The van der Waals surface area contributed by atoms with Crippen molar-refractivity contribution in [3.63, 3.8) is 0 Å². The number of anilines is 2. The number of carbonyl (C=O) groups excluding carboxylic acids is 2. The molecule has 0 saturated heterocycles. The number of halogens is 1. The lowest BCUT2D eigenvalue weighted by Gasteiger charge is -2.08. The van der Waals surface area contributed by atoms with Gasteiger partial charge in [0.2, 0.25) is 11.8 Å². The number of benzene rings is 2. The molecule has 0 bridgehead atoms. The highest BCUT2D eigenvalue weighted by Crippen LogP contribution is 2.13. The van der Waals surface area contributed by atoms with Gasteiger partial charge in [-0.25, -0.2) is 0 Å². The Morgan fingerprint density at radius 3 is 2.10 bits per heavy atom. The zero-order valence-electron chi connectivity index (χ0n) is 11.1. The average Bonchev–Trinajstić information content (AvgIpc) is 2.47. The predicted molar refractivity (Wildman–Crippen MR) is 83.5 cm³/mol. The summed E-state index contributed by atoms with van der Waals surface area (Å²) in [6.45, 7) is 0.124. The van der Waals surface area contributed by atoms with E-state index in [1.165, 1.54) is 0 Å². The van der Waals surface area contributed by atoms with Gasteiger partial charge in [-0.1, -0.05) is 11.6 Å². The normalized spacial score (nSPS) is 9.95. The van der Waals surface area contributed by atoms with Crippen LogP contribution in [0.5, 0.6) is 0 Å². The minimum atomic E-state index is -0.503. The zero-order valence-corrected chi connectivity index (χ0v) is 11.9. The van der Waals surface area contributed by atoms with Crippen LogP contribution in [-0.4, -0.2) is 18.4 Å². The Morgan fingerprint density at radius 1 is 0.952 bits per heavy atom. The van der Waals surface area contributed by atoms with E-state index in [4.69, 9.17) is 17.3 Å². The van der Waals surface area contributed by atoms with Crippen LogP contribution >= 0.6 is 11.6 Å². The third kappa shape index (κ3) is 4.50. The fraction of sp³-hybridized carbons (Fsp3) is 0.0667. The molecule has 5 nitrogen and oxygen atoms in total. The number of hydrogen-bond donors (Lipinski definition) is 3. The number of hydrogen-bond acceptors (Lipinski definition) is 3. The maximum atomic E-state index is 11.8. The van der Waals surface area contributed by atoms with E-state index < -0.39 is 5.91 Å². The van der Waals surface area contributed by atoms with Crippen molar-refractivity contribution in [1.82, 2.24) is 0 Å². The van der Waals surface area contributed by atoms with Gasteiger partial charge in [-0.05, 0) is 48.5 Å². The van der Waals surface area contributed by atoms with E-state index in [9.17, 15) is 9.59 Å². The van der Waals surface area contributed by atoms with Crippen molar-refractivity contribution >= 4 is 34.8 Å². The molecule has 0 atom stereocenters. The highest BCUT2D eigenvalue weighted by atomic mass is 35.5. The number of nitrogens with two attached hydrogens (primary N) is 1. The van der Waals surface area contributed by atoms with Crippen LogP contribution in [0.3, 0.4) is 0 Å². The van der Waals surface area contributed by atoms with Crippen molar-refractivity contribution in [3.8, 4) is 0 Å². The Balaban J connectivity index is 1.86. The number of nitrogens with one attached hydrogen (secondary N) is 2. The van der Waals surface area contributed by atoms with Gasteiger partial charge in [-0.2, -0.15) is 0 Å². The molecule has 0 spiro atoms. The van der Waals surface area contributed by atoms with E-state index in [0.29, 0.717) is 16.3 Å². The number of amides is 2. The second-order valence-corrected chi connectivity index (χ2v) is 4.79. The standard InChI is InChI=1S/C15H14ClN3O2/c16-11-3-7-12(8-4-11)18-9-14(20)19-13-5-1-10(2-6-13)15(17)21/h1-8,18H,9H2,(H2,17,21)(H,19,20). The van der Waals surface area contributed by atoms with E-state index in [1.54, 1.807) is 48.5 Å². The predicted octanol–water partition coefficient (Wildman–Crippen LogP) is 2.49. The number of primary amides is 1. The lowest BCUT2D eigenvalue weighted by Crippen LogP contribution is -2.21. The third-order valence-electron chi connectivity index (χ3n) is 2.75. The van der Waals surface area contributed by atoms with Gasteiger partial charge in [0.05, 0.1) is 6.54 Å². The fourth-order valence-electron chi connectivity index (χ4n) is 1.67. The smallest absolute Gasteiger partial charge is 0.248 e. The number of carbonyl (C=O) groups is 2. The van der Waals surface area contributed by atoms with Crippen molar-refractivity contribution in [2.75, 3.05) is 17.2 Å². The first-order valence-corrected chi connectivity index (χ1v) is 6.61. The molecule has 0 aliphatic carbocycles. The molecule has 108 valence electrons. The van der Waals surface area contributed by atoms with Gasteiger partial charge in [0, 0.05) is 22.0 Å². The summed E-state index contributed by atoms with van der Waals surface area (Å²) >= 11 is 5.78. The Morgan fingerprint density at radius 2 is 1.52 bits per heavy atom. The molecule has 0 aliphatic heterocycles. The summed E-state index contributed by atoms with van der Waals surface area (Å²) < 4.78 is 0. The highest BCUT2D eigenvalue weighted by molar-refractivity contribution is 6.30. The first-order valence-electron chi connectivity index (χ1n) is 6.24.